The van der Waals surface area contributed by atoms with Gasteiger partial charge in [-0.2, -0.15) is 0 Å². The van der Waals surface area contributed by atoms with Crippen LogP contribution >= 0.6 is 11.6 Å². The Bertz CT molecular complexity index is 934. The van der Waals surface area contributed by atoms with Crippen LogP contribution in [-0.2, 0) is 11.2 Å². The summed E-state index contributed by atoms with van der Waals surface area (Å²) < 4.78 is 11.4. The summed E-state index contributed by atoms with van der Waals surface area (Å²) in [7, 11) is 0. The molecule has 8 heteroatoms. The van der Waals surface area contributed by atoms with Gasteiger partial charge in [0.2, 0.25) is 0 Å². The highest BCUT2D eigenvalue weighted by Gasteiger charge is 2.34. The fourth-order valence-corrected chi connectivity index (χ4v) is 3.83. The molecule has 0 aliphatic carbocycles. The van der Waals surface area contributed by atoms with Crippen molar-refractivity contribution in [2.75, 3.05) is 25.1 Å². The Morgan fingerprint density at radius 2 is 1.87 bits per heavy atom. The van der Waals surface area contributed by atoms with Crippen LogP contribution in [0.3, 0.4) is 0 Å². The Morgan fingerprint density at radius 3 is 2.50 bits per heavy atom. The fourth-order valence-electron chi connectivity index (χ4n) is 3.64. The van der Waals surface area contributed by atoms with E-state index in [1.54, 1.807) is 35.2 Å². The molecule has 3 rings (SSSR count). The van der Waals surface area contributed by atoms with Gasteiger partial charge in [0.1, 0.15) is 0 Å². The number of carboxylic acids is 1. The molecule has 0 fully saturated rings. The number of aliphatic carboxylic acids is 1. The van der Waals surface area contributed by atoms with Gasteiger partial charge in [-0.05, 0) is 61.7 Å². The highest BCUT2D eigenvalue weighted by atomic mass is 35.5. The second-order valence-corrected chi connectivity index (χ2v) is 7.30. The number of rotatable bonds is 7. The third-order valence-corrected chi connectivity index (χ3v) is 5.10. The predicted molar refractivity (Wildman–Crippen MR) is 115 cm³/mol. The van der Waals surface area contributed by atoms with Crippen LogP contribution in [0.15, 0.2) is 36.4 Å². The summed E-state index contributed by atoms with van der Waals surface area (Å²) in [4.78, 5) is 26.1. The first-order valence-corrected chi connectivity index (χ1v) is 10.3. The van der Waals surface area contributed by atoms with Crippen LogP contribution in [0, 0.1) is 0 Å². The molecule has 1 unspecified atom stereocenters. The zero-order chi connectivity index (χ0) is 21.7. The van der Waals surface area contributed by atoms with Crippen LogP contribution in [0.5, 0.6) is 11.5 Å². The molecule has 2 N–H and O–H groups in total. The molecule has 1 aliphatic rings. The molecular formula is C22H25ClN2O5. The van der Waals surface area contributed by atoms with Crippen molar-refractivity contribution < 1.29 is 24.2 Å². The predicted octanol–water partition coefficient (Wildman–Crippen LogP) is 4.74. The number of benzene rings is 2. The monoisotopic (exact) mass is 432 g/mol. The Kier molecular flexibility index (Phi) is 7.05. The molecule has 0 saturated carbocycles. The molecule has 0 aromatic heterocycles. The minimum atomic E-state index is -0.986. The van der Waals surface area contributed by atoms with E-state index in [1.807, 2.05) is 19.9 Å². The highest BCUT2D eigenvalue weighted by molar-refractivity contribution is 6.30. The lowest BCUT2D eigenvalue weighted by atomic mass is 9.90. The summed E-state index contributed by atoms with van der Waals surface area (Å²) in [5, 5.41) is 12.8. The molecular weight excluding hydrogens is 408 g/mol. The van der Waals surface area contributed by atoms with Crippen molar-refractivity contribution in [3.63, 3.8) is 0 Å². The summed E-state index contributed by atoms with van der Waals surface area (Å²) in [6.07, 6.45) is 0.371. The number of carbonyl (C=O) groups excluding carboxylic acids is 1. The van der Waals surface area contributed by atoms with Crippen molar-refractivity contribution in [2.45, 2.75) is 32.7 Å². The van der Waals surface area contributed by atoms with Crippen molar-refractivity contribution in [1.29, 1.82) is 0 Å². The number of anilines is 1. The largest absolute Gasteiger partial charge is 0.490 e. The van der Waals surface area contributed by atoms with Crippen LogP contribution in [0.1, 0.15) is 37.4 Å². The number of nitrogens with one attached hydrogen (secondary N) is 1. The van der Waals surface area contributed by atoms with Gasteiger partial charge in [0.05, 0.1) is 25.7 Å². The fraction of sp³-hybridized carbons (Fsp3) is 0.364. The SMILES string of the molecule is CCOc1cc2c(cc1OCC)C(CC(=O)O)N(C(=O)Nc1cccc(Cl)c1)CC2. The van der Waals surface area contributed by atoms with Gasteiger partial charge in [-0.3, -0.25) is 4.79 Å². The Hall–Kier alpha value is -2.93. The van der Waals surface area contributed by atoms with Crippen molar-refractivity contribution >= 4 is 29.3 Å². The van der Waals surface area contributed by atoms with E-state index < -0.39 is 12.0 Å². The minimum Gasteiger partial charge on any atom is -0.490 e. The van der Waals surface area contributed by atoms with Crippen LogP contribution in [0.25, 0.3) is 0 Å². The summed E-state index contributed by atoms with van der Waals surface area (Å²) in [5.41, 5.74) is 2.27. The molecule has 7 nitrogen and oxygen atoms in total. The second-order valence-electron chi connectivity index (χ2n) is 6.86. The normalized spacial score (nSPS) is 15.3. The van der Waals surface area contributed by atoms with Gasteiger partial charge in [0.15, 0.2) is 11.5 Å². The third-order valence-electron chi connectivity index (χ3n) is 4.87. The number of ether oxygens (including phenoxy) is 2. The summed E-state index contributed by atoms with van der Waals surface area (Å²) in [6.45, 7) is 5.09. The zero-order valence-electron chi connectivity index (χ0n) is 17.0. The number of hydrogen-bond donors (Lipinski definition) is 2. The molecule has 1 aliphatic heterocycles. The molecule has 2 amide bonds. The van der Waals surface area contributed by atoms with E-state index in [4.69, 9.17) is 21.1 Å². The third kappa shape index (κ3) is 4.97. The van der Waals surface area contributed by atoms with Gasteiger partial charge in [-0.15, -0.1) is 0 Å². The standard InChI is InChI=1S/C22H25ClN2O5/c1-3-29-19-10-14-8-9-25(22(28)24-16-7-5-6-15(23)11-16)18(13-21(26)27)17(14)12-20(19)30-4-2/h5-7,10-12,18H,3-4,8-9,13H2,1-2H3,(H,24,28)(H,26,27). The van der Waals surface area contributed by atoms with Crippen molar-refractivity contribution in [3.8, 4) is 11.5 Å². The van der Waals surface area contributed by atoms with E-state index in [9.17, 15) is 14.7 Å². The van der Waals surface area contributed by atoms with E-state index in [-0.39, 0.29) is 12.5 Å². The van der Waals surface area contributed by atoms with Gasteiger partial charge in [-0.25, -0.2) is 4.79 Å². The van der Waals surface area contributed by atoms with E-state index in [1.165, 1.54) is 0 Å². The first kappa shape index (κ1) is 21.8. The summed E-state index contributed by atoms with van der Waals surface area (Å²) >= 11 is 6.00. The van der Waals surface area contributed by atoms with E-state index in [2.05, 4.69) is 5.32 Å². The lowest BCUT2D eigenvalue weighted by Gasteiger charge is -2.37. The van der Waals surface area contributed by atoms with E-state index >= 15 is 0 Å². The minimum absolute atomic E-state index is 0.213. The molecule has 2 aromatic rings. The van der Waals surface area contributed by atoms with E-state index in [0.29, 0.717) is 48.4 Å². The van der Waals surface area contributed by atoms with E-state index in [0.717, 1.165) is 11.1 Å². The number of nitrogens with zero attached hydrogens (tertiary/aromatic N) is 1. The molecule has 0 radical (unpaired) electrons. The molecule has 160 valence electrons. The molecule has 30 heavy (non-hydrogen) atoms. The molecule has 1 heterocycles. The smallest absolute Gasteiger partial charge is 0.322 e. The van der Waals surface area contributed by atoms with Crippen molar-refractivity contribution in [1.82, 2.24) is 4.90 Å². The average molecular weight is 433 g/mol. The van der Waals surface area contributed by atoms with Crippen LogP contribution in [-0.4, -0.2) is 41.8 Å². The number of halogens is 1. The molecule has 0 saturated heterocycles. The van der Waals surface area contributed by atoms with Gasteiger partial charge < -0.3 is 24.8 Å². The number of fused-ring (bicyclic) bond motifs is 1. The van der Waals surface area contributed by atoms with Gasteiger partial charge in [0.25, 0.3) is 0 Å². The zero-order valence-corrected chi connectivity index (χ0v) is 17.7. The van der Waals surface area contributed by atoms with Crippen molar-refractivity contribution in [2.24, 2.45) is 0 Å². The maximum atomic E-state index is 13.0. The van der Waals surface area contributed by atoms with Crippen LogP contribution in [0.4, 0.5) is 10.5 Å². The van der Waals surface area contributed by atoms with Gasteiger partial charge in [0, 0.05) is 17.3 Å². The Morgan fingerprint density at radius 1 is 1.17 bits per heavy atom. The second kappa shape index (κ2) is 9.71. The lowest BCUT2D eigenvalue weighted by Crippen LogP contribution is -2.43. The van der Waals surface area contributed by atoms with Gasteiger partial charge in [-0.1, -0.05) is 17.7 Å². The van der Waals surface area contributed by atoms with Crippen molar-refractivity contribution in [3.05, 3.63) is 52.5 Å². The maximum Gasteiger partial charge on any atom is 0.322 e. The number of hydrogen-bond acceptors (Lipinski definition) is 4. The first-order chi connectivity index (χ1) is 14.4. The number of urea groups is 1. The number of carboxylic acid groups (broad SMARTS) is 1. The lowest BCUT2D eigenvalue weighted by molar-refractivity contribution is -0.138. The maximum absolute atomic E-state index is 13.0. The number of carbonyl (C=O) groups is 2. The highest BCUT2D eigenvalue weighted by Crippen LogP contribution is 2.40. The average Bonchev–Trinajstić information content (AvgIpc) is 2.69. The molecule has 1 atom stereocenters. The molecule has 0 bridgehead atoms. The molecule has 2 aromatic carbocycles. The topological polar surface area (TPSA) is 88.1 Å². The number of amides is 2. The quantitative estimate of drug-likeness (QED) is 0.659. The Labute approximate surface area is 180 Å². The Balaban J connectivity index is 1.94. The first-order valence-electron chi connectivity index (χ1n) is 9.90. The summed E-state index contributed by atoms with van der Waals surface area (Å²) in [6, 6.07) is 9.53. The van der Waals surface area contributed by atoms with Gasteiger partial charge >= 0.3 is 12.0 Å². The van der Waals surface area contributed by atoms with Crippen LogP contribution in [0.2, 0.25) is 5.02 Å². The molecule has 0 spiro atoms. The van der Waals surface area contributed by atoms with Crippen LogP contribution < -0.4 is 14.8 Å². The summed E-state index contributed by atoms with van der Waals surface area (Å²) in [5.74, 6) is 0.190.